The van der Waals surface area contributed by atoms with Crippen molar-refractivity contribution in [3.8, 4) is 0 Å². The summed E-state index contributed by atoms with van der Waals surface area (Å²) in [5, 5.41) is 31.5. The second kappa shape index (κ2) is 7.71. The maximum atomic E-state index is 11.8. The molecule has 0 saturated carbocycles. The third-order valence-corrected chi connectivity index (χ3v) is 3.54. The first-order chi connectivity index (χ1) is 10.9. The molecule has 0 aromatic heterocycles. The van der Waals surface area contributed by atoms with Crippen LogP contribution in [-0.2, 0) is 20.8 Å². The number of amides is 1. The number of rotatable bonds is 4. The molecule has 0 bridgehead atoms. The molecule has 8 nitrogen and oxygen atoms in total. The number of ether oxygens (including phenoxy) is 3. The summed E-state index contributed by atoms with van der Waals surface area (Å²) in [5.41, 5.74) is 1.44. The van der Waals surface area contributed by atoms with E-state index in [0.717, 1.165) is 5.56 Å². The van der Waals surface area contributed by atoms with Crippen LogP contribution in [0.4, 0.5) is 10.5 Å². The first-order valence-electron chi connectivity index (χ1n) is 7.17. The number of benzene rings is 1. The molecule has 5 atom stereocenters. The van der Waals surface area contributed by atoms with Gasteiger partial charge < -0.3 is 29.5 Å². The van der Waals surface area contributed by atoms with E-state index in [4.69, 9.17) is 14.2 Å². The minimum Gasteiger partial charge on any atom is -0.416 e. The Morgan fingerprint density at radius 2 is 1.83 bits per heavy atom. The maximum Gasteiger partial charge on any atom is 0.414 e. The van der Waals surface area contributed by atoms with E-state index in [1.807, 2.05) is 0 Å². The van der Waals surface area contributed by atoms with Crippen molar-refractivity contribution < 1.29 is 34.3 Å². The zero-order valence-electron chi connectivity index (χ0n) is 12.9. The Morgan fingerprint density at radius 3 is 2.43 bits per heavy atom. The Labute approximate surface area is 133 Å². The average Bonchev–Trinajstić information content (AvgIpc) is 2.52. The predicted molar refractivity (Wildman–Crippen MR) is 79.6 cm³/mol. The van der Waals surface area contributed by atoms with Gasteiger partial charge in [-0.3, -0.25) is 5.32 Å². The van der Waals surface area contributed by atoms with E-state index in [1.54, 1.807) is 31.4 Å². The van der Waals surface area contributed by atoms with Crippen LogP contribution in [0.5, 0.6) is 0 Å². The second-order valence-electron chi connectivity index (χ2n) is 5.34. The van der Waals surface area contributed by atoms with Crippen LogP contribution in [0.15, 0.2) is 24.3 Å². The molecule has 5 unspecified atom stereocenters. The lowest BCUT2D eigenvalue weighted by molar-refractivity contribution is -0.275. The van der Waals surface area contributed by atoms with Crippen molar-refractivity contribution in [2.45, 2.75) is 44.2 Å². The Morgan fingerprint density at radius 1 is 1.17 bits per heavy atom. The average molecular weight is 327 g/mol. The Hall–Kier alpha value is -1.71. The van der Waals surface area contributed by atoms with Gasteiger partial charge in [-0.25, -0.2) is 4.79 Å². The topological polar surface area (TPSA) is 117 Å². The molecule has 1 aliphatic heterocycles. The monoisotopic (exact) mass is 327 g/mol. The molecule has 4 N–H and O–H groups in total. The number of carbonyl (C=O) groups is 1. The summed E-state index contributed by atoms with van der Waals surface area (Å²) in [6, 6.07) is 6.92. The zero-order valence-corrected chi connectivity index (χ0v) is 12.9. The highest BCUT2D eigenvalue weighted by Gasteiger charge is 2.43. The van der Waals surface area contributed by atoms with Crippen molar-refractivity contribution in [2.75, 3.05) is 12.4 Å². The molecule has 23 heavy (non-hydrogen) atoms. The van der Waals surface area contributed by atoms with Gasteiger partial charge in [0.1, 0.15) is 18.3 Å². The van der Waals surface area contributed by atoms with Gasteiger partial charge in [0.25, 0.3) is 0 Å². The SMILES string of the molecule is COCc1ccc(NC(=O)OC2OC(C)C(O)C(O)C2O)cc1. The van der Waals surface area contributed by atoms with Gasteiger partial charge in [0.15, 0.2) is 0 Å². The molecule has 1 aromatic rings. The number of aliphatic hydroxyl groups is 3. The summed E-state index contributed by atoms with van der Waals surface area (Å²) in [6.07, 6.45) is -7.22. The van der Waals surface area contributed by atoms with E-state index in [9.17, 15) is 20.1 Å². The standard InChI is InChI=1S/C15H21NO7/c1-8-11(17)12(18)13(19)14(22-8)23-15(20)16-10-5-3-9(4-6-10)7-21-2/h3-6,8,11-14,17-19H,7H2,1-2H3,(H,16,20). The maximum absolute atomic E-state index is 11.8. The molecule has 0 radical (unpaired) electrons. The van der Waals surface area contributed by atoms with E-state index in [-0.39, 0.29) is 0 Å². The zero-order chi connectivity index (χ0) is 17.0. The van der Waals surface area contributed by atoms with Gasteiger partial charge in [0.05, 0.1) is 12.7 Å². The van der Waals surface area contributed by atoms with Crippen LogP contribution in [0.25, 0.3) is 0 Å². The van der Waals surface area contributed by atoms with Crippen LogP contribution in [0.1, 0.15) is 12.5 Å². The van der Waals surface area contributed by atoms with Crippen LogP contribution >= 0.6 is 0 Å². The lowest BCUT2D eigenvalue weighted by atomic mass is 10.0. The summed E-state index contributed by atoms with van der Waals surface area (Å²) in [4.78, 5) is 11.8. The normalized spacial score (nSPS) is 30.7. The van der Waals surface area contributed by atoms with Gasteiger partial charge in [0.2, 0.25) is 6.29 Å². The summed E-state index contributed by atoms with van der Waals surface area (Å²) >= 11 is 0. The van der Waals surface area contributed by atoms with E-state index in [2.05, 4.69) is 5.32 Å². The third kappa shape index (κ3) is 4.40. The lowest BCUT2D eigenvalue weighted by Gasteiger charge is -2.38. The third-order valence-electron chi connectivity index (χ3n) is 3.54. The van der Waals surface area contributed by atoms with Crippen molar-refractivity contribution in [3.05, 3.63) is 29.8 Å². The van der Waals surface area contributed by atoms with Crippen LogP contribution in [0.2, 0.25) is 0 Å². The largest absolute Gasteiger partial charge is 0.416 e. The van der Waals surface area contributed by atoms with Crippen LogP contribution in [0.3, 0.4) is 0 Å². The number of aliphatic hydroxyl groups excluding tert-OH is 3. The fourth-order valence-electron chi connectivity index (χ4n) is 2.21. The fourth-order valence-corrected chi connectivity index (χ4v) is 2.21. The molecular formula is C15H21NO7. The minimum absolute atomic E-state index is 0.463. The number of hydrogen-bond acceptors (Lipinski definition) is 7. The molecule has 1 aliphatic rings. The van der Waals surface area contributed by atoms with Crippen LogP contribution < -0.4 is 5.32 Å². The number of methoxy groups -OCH3 is 1. The molecule has 0 spiro atoms. The van der Waals surface area contributed by atoms with E-state index in [1.165, 1.54) is 6.92 Å². The molecule has 1 fully saturated rings. The number of nitrogens with one attached hydrogen (secondary N) is 1. The summed E-state index contributed by atoms with van der Waals surface area (Å²) in [5.74, 6) is 0. The van der Waals surface area contributed by atoms with Crippen LogP contribution in [0, 0.1) is 0 Å². The quantitative estimate of drug-likeness (QED) is 0.624. The Balaban J connectivity index is 1.91. The highest BCUT2D eigenvalue weighted by atomic mass is 16.7. The molecule has 128 valence electrons. The molecule has 1 amide bonds. The molecular weight excluding hydrogens is 306 g/mol. The van der Waals surface area contributed by atoms with Gasteiger partial charge in [0, 0.05) is 12.8 Å². The van der Waals surface area contributed by atoms with Gasteiger partial charge >= 0.3 is 6.09 Å². The number of carbonyl (C=O) groups excluding carboxylic acids is 1. The van der Waals surface area contributed by atoms with Gasteiger partial charge in [-0.15, -0.1) is 0 Å². The predicted octanol–water partition coefficient (Wildman–Crippen LogP) is 0.209. The molecule has 1 saturated heterocycles. The molecule has 0 aliphatic carbocycles. The first kappa shape index (κ1) is 17.6. The van der Waals surface area contributed by atoms with Crippen molar-refractivity contribution in [3.63, 3.8) is 0 Å². The molecule has 8 heteroatoms. The van der Waals surface area contributed by atoms with Crippen molar-refractivity contribution >= 4 is 11.8 Å². The summed E-state index contributed by atoms with van der Waals surface area (Å²) in [7, 11) is 1.59. The lowest BCUT2D eigenvalue weighted by Crippen LogP contribution is -2.57. The second-order valence-corrected chi connectivity index (χ2v) is 5.34. The molecule has 1 heterocycles. The van der Waals surface area contributed by atoms with Crippen LogP contribution in [-0.4, -0.2) is 59.2 Å². The Bertz CT molecular complexity index is 521. The van der Waals surface area contributed by atoms with Gasteiger partial charge in [-0.2, -0.15) is 0 Å². The summed E-state index contributed by atoms with van der Waals surface area (Å²) in [6.45, 7) is 1.97. The highest BCUT2D eigenvalue weighted by Crippen LogP contribution is 2.22. The smallest absolute Gasteiger partial charge is 0.414 e. The number of anilines is 1. The van der Waals surface area contributed by atoms with E-state index >= 15 is 0 Å². The molecule has 2 rings (SSSR count). The van der Waals surface area contributed by atoms with E-state index < -0.39 is 36.8 Å². The van der Waals surface area contributed by atoms with Crippen molar-refractivity contribution in [1.82, 2.24) is 0 Å². The minimum atomic E-state index is -1.53. The van der Waals surface area contributed by atoms with Crippen molar-refractivity contribution in [2.24, 2.45) is 0 Å². The van der Waals surface area contributed by atoms with Gasteiger partial charge in [-0.1, -0.05) is 12.1 Å². The van der Waals surface area contributed by atoms with Crippen molar-refractivity contribution in [1.29, 1.82) is 0 Å². The summed E-state index contributed by atoms with van der Waals surface area (Å²) < 4.78 is 15.1. The number of hydrogen-bond donors (Lipinski definition) is 4. The molecule has 1 aromatic carbocycles. The van der Waals surface area contributed by atoms with Gasteiger partial charge in [-0.05, 0) is 24.6 Å². The van der Waals surface area contributed by atoms with E-state index in [0.29, 0.717) is 12.3 Å². The fraction of sp³-hybridized carbons (Fsp3) is 0.533. The Kier molecular flexibility index (Phi) is 5.91. The highest BCUT2D eigenvalue weighted by molar-refractivity contribution is 5.84. The first-order valence-corrected chi connectivity index (χ1v) is 7.17.